The van der Waals surface area contributed by atoms with Gasteiger partial charge in [-0.3, -0.25) is 14.4 Å². The van der Waals surface area contributed by atoms with Crippen molar-refractivity contribution >= 4 is 122 Å². The van der Waals surface area contributed by atoms with E-state index in [0.717, 1.165) is 0 Å². The van der Waals surface area contributed by atoms with Crippen LogP contribution in [0.5, 0.6) is 0 Å². The van der Waals surface area contributed by atoms with Crippen LogP contribution < -0.4 is 16.0 Å². The largest absolute Gasteiger partial charge is 0.381 e. The van der Waals surface area contributed by atoms with Crippen LogP contribution in [-0.4, -0.2) is 88.4 Å². The standard InChI is InChI=1S/C21H32Cl9N3O6/c1-2-18(12-37-9-3-6-31-15(34)19(22,23)24,13-38-10-4-7-32-16(35)20(25,26)27)14-39-11-5-8-33-17(36)21(28,29)30/h2-14H2,1H3,(H,31,34)(H,32,35)(H,33,36). The van der Waals surface area contributed by atoms with E-state index in [9.17, 15) is 14.4 Å². The molecule has 0 saturated carbocycles. The third kappa shape index (κ3) is 19.7. The minimum atomic E-state index is -2.03. The van der Waals surface area contributed by atoms with Gasteiger partial charge in [-0.2, -0.15) is 0 Å². The summed E-state index contributed by atoms with van der Waals surface area (Å²) in [6.45, 7) is 4.65. The van der Waals surface area contributed by atoms with Crippen molar-refractivity contribution in [1.29, 1.82) is 0 Å². The van der Waals surface area contributed by atoms with E-state index in [1.807, 2.05) is 6.92 Å². The van der Waals surface area contributed by atoms with Gasteiger partial charge in [-0.05, 0) is 25.7 Å². The molecule has 0 atom stereocenters. The van der Waals surface area contributed by atoms with Gasteiger partial charge < -0.3 is 30.2 Å². The zero-order chi connectivity index (χ0) is 30.2. The van der Waals surface area contributed by atoms with E-state index in [1.54, 1.807) is 0 Å². The first kappa shape index (κ1) is 39.9. The summed E-state index contributed by atoms with van der Waals surface area (Å²) in [7, 11) is 0. The second kappa shape index (κ2) is 20.0. The van der Waals surface area contributed by atoms with Crippen LogP contribution in [0, 0.1) is 5.41 Å². The Morgan fingerprint density at radius 1 is 0.538 bits per heavy atom. The second-order valence-electron chi connectivity index (χ2n) is 8.33. The fraction of sp³-hybridized carbons (Fsp3) is 0.857. The molecule has 0 heterocycles. The third-order valence-corrected chi connectivity index (χ3v) is 6.54. The number of halogens is 9. The molecule has 39 heavy (non-hydrogen) atoms. The minimum absolute atomic E-state index is 0.263. The molecule has 0 aromatic rings. The van der Waals surface area contributed by atoms with Crippen molar-refractivity contribution in [3.8, 4) is 0 Å². The highest BCUT2D eigenvalue weighted by molar-refractivity contribution is 6.77. The van der Waals surface area contributed by atoms with E-state index in [0.29, 0.717) is 65.3 Å². The van der Waals surface area contributed by atoms with Crippen molar-refractivity contribution in [2.45, 2.75) is 44.0 Å². The highest BCUT2D eigenvalue weighted by Crippen LogP contribution is 2.27. The van der Waals surface area contributed by atoms with Gasteiger partial charge >= 0.3 is 0 Å². The summed E-state index contributed by atoms with van der Waals surface area (Å²) in [5, 5.41) is 7.51. The average molecular weight is 742 g/mol. The van der Waals surface area contributed by atoms with Gasteiger partial charge in [0.25, 0.3) is 29.1 Å². The summed E-state index contributed by atoms with van der Waals surface area (Å²) in [5.74, 6) is -2.15. The summed E-state index contributed by atoms with van der Waals surface area (Å²) in [6, 6.07) is 0. The van der Waals surface area contributed by atoms with Crippen LogP contribution in [0.3, 0.4) is 0 Å². The van der Waals surface area contributed by atoms with Crippen molar-refractivity contribution in [2.75, 3.05) is 59.3 Å². The van der Waals surface area contributed by atoms with E-state index < -0.39 is 34.5 Å². The second-order valence-corrected chi connectivity index (χ2v) is 15.2. The molecule has 3 N–H and O–H groups in total. The van der Waals surface area contributed by atoms with Crippen LogP contribution in [0.2, 0.25) is 0 Å². The van der Waals surface area contributed by atoms with Crippen LogP contribution in [0.25, 0.3) is 0 Å². The van der Waals surface area contributed by atoms with Crippen LogP contribution in [0.1, 0.15) is 32.6 Å². The highest BCUT2D eigenvalue weighted by atomic mass is 35.6. The summed E-state index contributed by atoms with van der Waals surface area (Å²) >= 11 is 49.7. The summed E-state index contributed by atoms with van der Waals surface area (Å²) in [4.78, 5) is 34.8. The normalized spacial score (nSPS) is 12.8. The number of nitrogens with one attached hydrogen (secondary N) is 3. The van der Waals surface area contributed by atoms with E-state index >= 15 is 0 Å². The van der Waals surface area contributed by atoms with Gasteiger partial charge in [0.15, 0.2) is 0 Å². The molecule has 0 aromatic heterocycles. The molecule has 9 nitrogen and oxygen atoms in total. The third-order valence-electron chi connectivity index (χ3n) is 5.00. The molecule has 0 unspecified atom stereocenters. The Hall–Kier alpha value is 0.900. The first-order valence-corrected chi connectivity index (χ1v) is 15.1. The van der Waals surface area contributed by atoms with Crippen LogP contribution in [-0.2, 0) is 28.6 Å². The number of hydrogen-bond acceptors (Lipinski definition) is 6. The zero-order valence-corrected chi connectivity index (χ0v) is 27.8. The van der Waals surface area contributed by atoms with Gasteiger partial charge in [0.05, 0.1) is 19.8 Å². The molecular weight excluding hydrogens is 709 g/mol. The van der Waals surface area contributed by atoms with Crippen molar-refractivity contribution in [2.24, 2.45) is 5.41 Å². The fourth-order valence-corrected chi connectivity index (χ4v) is 3.33. The maximum Gasteiger partial charge on any atom is 0.272 e. The van der Waals surface area contributed by atoms with Crippen LogP contribution in [0.15, 0.2) is 0 Å². The lowest BCUT2D eigenvalue weighted by atomic mass is 9.88. The summed E-state index contributed by atoms with van der Waals surface area (Å²) < 4.78 is 11.4. The van der Waals surface area contributed by atoms with Gasteiger partial charge in [-0.15, -0.1) is 0 Å². The van der Waals surface area contributed by atoms with Gasteiger partial charge in [0, 0.05) is 44.9 Å². The molecule has 0 saturated heterocycles. The number of carbonyl (C=O) groups is 3. The smallest absolute Gasteiger partial charge is 0.272 e. The summed E-state index contributed by atoms with van der Waals surface area (Å²) in [5.41, 5.74) is -0.498. The topological polar surface area (TPSA) is 115 Å². The van der Waals surface area contributed by atoms with E-state index in [4.69, 9.17) is 119 Å². The summed E-state index contributed by atoms with van der Waals surface area (Å²) in [6.07, 6.45) is 2.12. The van der Waals surface area contributed by atoms with Gasteiger partial charge in [-0.1, -0.05) is 111 Å². The Morgan fingerprint density at radius 3 is 1.00 bits per heavy atom. The molecule has 230 valence electrons. The van der Waals surface area contributed by atoms with Crippen molar-refractivity contribution in [1.82, 2.24) is 16.0 Å². The lowest BCUT2D eigenvalue weighted by molar-refractivity contribution is -0.121. The van der Waals surface area contributed by atoms with E-state index in [1.165, 1.54) is 0 Å². The predicted molar refractivity (Wildman–Crippen MR) is 159 cm³/mol. The highest BCUT2D eigenvalue weighted by Gasteiger charge is 2.32. The molecule has 0 aliphatic carbocycles. The van der Waals surface area contributed by atoms with Crippen molar-refractivity contribution in [3.63, 3.8) is 0 Å². The molecular formula is C21H32Cl9N3O6. The quantitative estimate of drug-likeness (QED) is 0.126. The Bertz CT molecular complexity index is 653. The molecule has 0 radical (unpaired) electrons. The van der Waals surface area contributed by atoms with Crippen LogP contribution in [0.4, 0.5) is 0 Å². The Morgan fingerprint density at radius 2 is 0.795 bits per heavy atom. The van der Waals surface area contributed by atoms with Gasteiger partial charge in [0.1, 0.15) is 0 Å². The lowest BCUT2D eigenvalue weighted by Crippen LogP contribution is -2.39. The minimum Gasteiger partial charge on any atom is -0.381 e. The molecule has 0 bridgehead atoms. The lowest BCUT2D eigenvalue weighted by Gasteiger charge is -2.32. The molecule has 0 fully saturated rings. The Kier molecular flexibility index (Phi) is 20.4. The number of rotatable bonds is 19. The van der Waals surface area contributed by atoms with Crippen molar-refractivity contribution in [3.05, 3.63) is 0 Å². The maximum atomic E-state index is 11.6. The zero-order valence-electron chi connectivity index (χ0n) is 21.0. The van der Waals surface area contributed by atoms with Gasteiger partial charge in [-0.25, -0.2) is 0 Å². The predicted octanol–water partition coefficient (Wildman–Crippen LogP) is 5.06. The molecule has 0 rings (SSSR count). The molecule has 3 amide bonds. The van der Waals surface area contributed by atoms with Crippen molar-refractivity contribution < 1.29 is 28.6 Å². The maximum absolute atomic E-state index is 11.6. The first-order chi connectivity index (χ1) is 17.9. The monoisotopic (exact) mass is 737 g/mol. The number of carbonyl (C=O) groups excluding carboxylic acids is 3. The van der Waals surface area contributed by atoms with Gasteiger partial charge in [0.2, 0.25) is 0 Å². The molecule has 0 spiro atoms. The molecule has 18 heteroatoms. The van der Waals surface area contributed by atoms with Crippen LogP contribution >= 0.6 is 104 Å². The number of hydrogen-bond donors (Lipinski definition) is 3. The number of ether oxygens (including phenoxy) is 3. The first-order valence-electron chi connectivity index (χ1n) is 11.7. The molecule has 0 aliphatic heterocycles. The number of amides is 3. The molecule has 0 aliphatic rings. The Balaban J connectivity index is 4.67. The van der Waals surface area contributed by atoms with E-state index in [2.05, 4.69) is 16.0 Å². The SMILES string of the molecule is CCC(COCCCNC(=O)C(Cl)(Cl)Cl)(COCCCNC(=O)C(Cl)(Cl)Cl)COCCCNC(=O)C(Cl)(Cl)Cl. The van der Waals surface area contributed by atoms with E-state index in [-0.39, 0.29) is 19.6 Å². The average Bonchev–Trinajstić information content (AvgIpc) is 2.82. The number of alkyl halides is 9. The molecule has 0 aromatic carbocycles. The fourth-order valence-electron chi connectivity index (χ4n) is 2.73. The Labute approximate surface area is 273 Å².